The lowest BCUT2D eigenvalue weighted by Crippen LogP contribution is -2.47. The Hall–Kier alpha value is -2.86. The first-order chi connectivity index (χ1) is 16.9. The van der Waals surface area contributed by atoms with E-state index in [2.05, 4.69) is 33.4 Å². The summed E-state index contributed by atoms with van der Waals surface area (Å²) < 4.78 is 35.7. The molecular formula is C24H27FN6O2S2. The van der Waals surface area contributed by atoms with Crippen molar-refractivity contribution in [2.45, 2.75) is 13.3 Å². The predicted octanol–water partition coefficient (Wildman–Crippen LogP) is 4.23. The Bertz CT molecular complexity index is 1350. The summed E-state index contributed by atoms with van der Waals surface area (Å²) in [5, 5.41) is 2.81. The van der Waals surface area contributed by atoms with Gasteiger partial charge in [0.1, 0.15) is 23.2 Å². The maximum atomic E-state index is 13.3. The van der Waals surface area contributed by atoms with Gasteiger partial charge in [0.25, 0.3) is 0 Å². The second-order valence-electron chi connectivity index (χ2n) is 8.49. The number of thiazole rings is 1. The Morgan fingerprint density at radius 3 is 2.54 bits per heavy atom. The lowest BCUT2D eigenvalue weighted by molar-refractivity contribution is 0.292. The molecule has 0 saturated carbocycles. The van der Waals surface area contributed by atoms with Crippen molar-refractivity contribution in [1.29, 1.82) is 0 Å². The number of anilines is 3. The van der Waals surface area contributed by atoms with E-state index in [-0.39, 0.29) is 11.7 Å². The number of piperazine rings is 1. The molecular weight excluding hydrogens is 487 g/mol. The van der Waals surface area contributed by atoms with Crippen LogP contribution in [0, 0.1) is 5.82 Å². The van der Waals surface area contributed by atoms with Gasteiger partial charge in [-0.3, -0.25) is 9.30 Å². The van der Waals surface area contributed by atoms with Crippen LogP contribution in [0.4, 0.5) is 21.0 Å². The van der Waals surface area contributed by atoms with Crippen LogP contribution in [-0.4, -0.2) is 67.1 Å². The third-order valence-corrected chi connectivity index (χ3v) is 7.75. The van der Waals surface area contributed by atoms with Crippen molar-refractivity contribution in [2.75, 3.05) is 48.9 Å². The minimum absolute atomic E-state index is 0.191. The minimum atomic E-state index is -1.81. The summed E-state index contributed by atoms with van der Waals surface area (Å²) in [4.78, 5) is 16.0. The number of imidazole rings is 1. The van der Waals surface area contributed by atoms with Crippen LogP contribution in [0.2, 0.25) is 0 Å². The highest BCUT2D eigenvalue weighted by atomic mass is 32.2. The molecule has 1 aromatic carbocycles. The zero-order chi connectivity index (χ0) is 24.5. The number of hydrogen-bond acceptors (Lipinski definition) is 7. The van der Waals surface area contributed by atoms with Crippen molar-refractivity contribution < 1.29 is 13.2 Å². The van der Waals surface area contributed by atoms with Gasteiger partial charge < -0.3 is 14.4 Å². The Labute approximate surface area is 209 Å². The molecule has 0 bridgehead atoms. The van der Waals surface area contributed by atoms with Crippen LogP contribution in [0.5, 0.6) is 0 Å². The molecule has 4 aromatic rings. The fourth-order valence-electron chi connectivity index (χ4n) is 4.40. The molecule has 0 radical (unpaired) electrons. The summed E-state index contributed by atoms with van der Waals surface area (Å²) in [5.74, 6) is 0.899. The summed E-state index contributed by atoms with van der Waals surface area (Å²) in [5.41, 5.74) is 4.63. The zero-order valence-corrected chi connectivity index (χ0v) is 21.2. The Kier molecular flexibility index (Phi) is 6.83. The normalized spacial score (nSPS) is 15.6. The van der Waals surface area contributed by atoms with Gasteiger partial charge in [0.15, 0.2) is 16.2 Å². The first-order valence-electron chi connectivity index (χ1n) is 11.4. The van der Waals surface area contributed by atoms with E-state index in [0.29, 0.717) is 0 Å². The van der Waals surface area contributed by atoms with Crippen molar-refractivity contribution in [2.24, 2.45) is 0 Å². The molecule has 8 nitrogen and oxygen atoms in total. The molecule has 1 fully saturated rings. The average Bonchev–Trinajstić information content (AvgIpc) is 3.49. The lowest BCUT2D eigenvalue weighted by atomic mass is 10.2. The highest BCUT2D eigenvalue weighted by molar-refractivity contribution is 7.79. The number of aromatic nitrogens is 3. The molecule has 4 heterocycles. The fourth-order valence-corrected chi connectivity index (χ4v) is 5.77. The number of halogens is 1. The van der Waals surface area contributed by atoms with Crippen LogP contribution in [0.1, 0.15) is 12.6 Å². The number of rotatable bonds is 7. The summed E-state index contributed by atoms with van der Waals surface area (Å²) in [6, 6.07) is 10.5. The molecule has 3 aromatic heterocycles. The molecule has 11 heteroatoms. The van der Waals surface area contributed by atoms with Gasteiger partial charge in [0.05, 0.1) is 17.1 Å². The van der Waals surface area contributed by atoms with Gasteiger partial charge in [-0.2, -0.15) is 0 Å². The molecule has 0 spiro atoms. The summed E-state index contributed by atoms with van der Waals surface area (Å²) in [6.07, 6.45) is 2.89. The van der Waals surface area contributed by atoms with Crippen LogP contribution in [-0.2, 0) is 17.5 Å². The molecule has 1 atom stereocenters. The number of benzene rings is 1. The summed E-state index contributed by atoms with van der Waals surface area (Å²) in [7, 11) is 2.00. The van der Waals surface area contributed by atoms with Gasteiger partial charge in [-0.05, 0) is 42.8 Å². The number of nitrogens with zero attached hydrogens (tertiary/aromatic N) is 6. The van der Waals surface area contributed by atoms with Crippen LogP contribution in [0.25, 0.3) is 16.9 Å². The molecule has 0 amide bonds. The number of aryl methyl sites for hydroxylation is 1. The van der Waals surface area contributed by atoms with E-state index in [4.69, 9.17) is 14.5 Å². The predicted molar refractivity (Wildman–Crippen MR) is 140 cm³/mol. The molecule has 0 aliphatic carbocycles. The van der Waals surface area contributed by atoms with Crippen molar-refractivity contribution in [3.8, 4) is 11.3 Å². The molecule has 1 unspecified atom stereocenters. The average molecular weight is 515 g/mol. The van der Waals surface area contributed by atoms with E-state index < -0.39 is 11.1 Å². The second kappa shape index (κ2) is 10.0. The topological polar surface area (TPSA) is 77.2 Å². The van der Waals surface area contributed by atoms with E-state index in [1.165, 1.54) is 23.5 Å². The highest BCUT2D eigenvalue weighted by Crippen LogP contribution is 2.34. The second-order valence-corrected chi connectivity index (χ2v) is 10.2. The number of hydrogen-bond donors (Lipinski definition) is 1. The van der Waals surface area contributed by atoms with Gasteiger partial charge in [-0.1, -0.05) is 6.92 Å². The molecule has 1 N–H and O–H groups in total. The molecule has 184 valence electrons. The Balaban J connectivity index is 1.43. The van der Waals surface area contributed by atoms with Crippen molar-refractivity contribution in [3.05, 3.63) is 59.5 Å². The quantitative estimate of drug-likeness (QED) is 0.370. The largest absolute Gasteiger partial charge is 0.368 e. The SMILES string of the molecule is CCc1nc2ccc(N3CCN(CS(=O)O)CC3)cn2c1N(C)c1nc(-c2ccc(F)cc2)cs1. The molecule has 1 saturated heterocycles. The maximum Gasteiger partial charge on any atom is 0.191 e. The zero-order valence-electron chi connectivity index (χ0n) is 19.6. The van der Waals surface area contributed by atoms with Gasteiger partial charge in [0, 0.05) is 50.4 Å². The van der Waals surface area contributed by atoms with Gasteiger partial charge in [-0.15, -0.1) is 11.3 Å². The lowest BCUT2D eigenvalue weighted by Gasteiger charge is -2.35. The minimum Gasteiger partial charge on any atom is -0.368 e. The number of fused-ring (bicyclic) bond motifs is 1. The van der Waals surface area contributed by atoms with E-state index in [0.717, 1.165) is 71.8 Å². The standard InChI is InChI=1S/C24H27FN6O2S2/c1-3-20-23(28(2)24-27-21(15-34-24)17-4-6-18(25)7-5-17)31-14-19(8-9-22(31)26-20)30-12-10-29(11-13-30)16-35(32)33/h4-9,14-15H,3,10-13,16H2,1-2H3,(H,32,33). The summed E-state index contributed by atoms with van der Waals surface area (Å²) >= 11 is -0.268. The van der Waals surface area contributed by atoms with E-state index in [9.17, 15) is 8.60 Å². The van der Waals surface area contributed by atoms with E-state index in [1.807, 2.05) is 23.4 Å². The molecule has 35 heavy (non-hydrogen) atoms. The van der Waals surface area contributed by atoms with E-state index >= 15 is 0 Å². The first-order valence-corrected chi connectivity index (χ1v) is 13.6. The van der Waals surface area contributed by atoms with Crippen molar-refractivity contribution in [3.63, 3.8) is 0 Å². The van der Waals surface area contributed by atoms with Crippen LogP contribution in [0.15, 0.2) is 48.0 Å². The Morgan fingerprint density at radius 2 is 1.86 bits per heavy atom. The first kappa shape index (κ1) is 23.9. The molecule has 1 aliphatic heterocycles. The smallest absolute Gasteiger partial charge is 0.191 e. The van der Waals surface area contributed by atoms with E-state index in [1.54, 1.807) is 12.1 Å². The third-order valence-electron chi connectivity index (χ3n) is 6.25. The fraction of sp³-hybridized carbons (Fsp3) is 0.333. The molecule has 1 aliphatic rings. The summed E-state index contributed by atoms with van der Waals surface area (Å²) in [6.45, 7) is 5.16. The van der Waals surface area contributed by atoms with Crippen molar-refractivity contribution in [1.82, 2.24) is 19.3 Å². The van der Waals surface area contributed by atoms with Crippen LogP contribution >= 0.6 is 11.3 Å². The van der Waals surface area contributed by atoms with Crippen LogP contribution < -0.4 is 9.80 Å². The highest BCUT2D eigenvalue weighted by Gasteiger charge is 2.22. The van der Waals surface area contributed by atoms with Crippen LogP contribution in [0.3, 0.4) is 0 Å². The Morgan fingerprint density at radius 1 is 1.11 bits per heavy atom. The van der Waals surface area contributed by atoms with Gasteiger partial charge >= 0.3 is 0 Å². The maximum absolute atomic E-state index is 13.3. The molecule has 5 rings (SSSR count). The van der Waals surface area contributed by atoms with Crippen molar-refractivity contribution >= 4 is 44.7 Å². The monoisotopic (exact) mass is 514 g/mol. The van der Waals surface area contributed by atoms with Gasteiger partial charge in [0.2, 0.25) is 0 Å². The number of pyridine rings is 1. The van der Waals surface area contributed by atoms with Gasteiger partial charge in [-0.25, -0.2) is 18.6 Å². The third kappa shape index (κ3) is 4.94.